The van der Waals surface area contributed by atoms with Crippen molar-refractivity contribution in [1.29, 1.82) is 0 Å². The molecule has 0 aromatic rings. The molecular formula is C62H90O6. The van der Waals surface area contributed by atoms with Gasteiger partial charge in [-0.3, -0.25) is 14.4 Å². The van der Waals surface area contributed by atoms with Gasteiger partial charge in [0, 0.05) is 19.3 Å². The van der Waals surface area contributed by atoms with E-state index >= 15 is 0 Å². The van der Waals surface area contributed by atoms with Crippen LogP contribution in [0.2, 0.25) is 0 Å². The fourth-order valence-electron chi connectivity index (χ4n) is 6.06. The minimum absolute atomic E-state index is 0.139. The molecule has 0 heterocycles. The van der Waals surface area contributed by atoms with Crippen LogP contribution in [0.3, 0.4) is 0 Å². The van der Waals surface area contributed by atoms with Gasteiger partial charge in [-0.25, -0.2) is 0 Å². The first-order chi connectivity index (χ1) is 33.5. The van der Waals surface area contributed by atoms with Crippen molar-refractivity contribution in [3.63, 3.8) is 0 Å². The molecule has 0 rings (SSSR count). The fraction of sp³-hybridized carbons (Fsp3) is 0.468. The van der Waals surface area contributed by atoms with Crippen LogP contribution in [0.25, 0.3) is 0 Å². The van der Waals surface area contributed by atoms with Gasteiger partial charge in [-0.1, -0.05) is 235 Å². The van der Waals surface area contributed by atoms with Gasteiger partial charge in [0.2, 0.25) is 0 Å². The topological polar surface area (TPSA) is 78.9 Å². The van der Waals surface area contributed by atoms with Gasteiger partial charge in [0.05, 0.1) is 0 Å². The van der Waals surface area contributed by atoms with E-state index in [1.165, 1.54) is 6.42 Å². The van der Waals surface area contributed by atoms with Gasteiger partial charge >= 0.3 is 17.9 Å². The molecule has 0 aromatic heterocycles. The molecule has 0 N–H and O–H groups in total. The molecular weight excluding hydrogens is 841 g/mol. The summed E-state index contributed by atoms with van der Waals surface area (Å²) in [7, 11) is 0. The van der Waals surface area contributed by atoms with E-state index in [9.17, 15) is 14.4 Å². The van der Waals surface area contributed by atoms with E-state index in [1.807, 2.05) is 85.1 Å². The number of hydrogen-bond acceptors (Lipinski definition) is 6. The maximum atomic E-state index is 12.8. The fourth-order valence-corrected chi connectivity index (χ4v) is 6.06. The lowest BCUT2D eigenvalue weighted by atomic mass is 10.1. The maximum Gasteiger partial charge on any atom is 0.306 e. The van der Waals surface area contributed by atoms with Gasteiger partial charge in [0.1, 0.15) is 13.2 Å². The van der Waals surface area contributed by atoms with Gasteiger partial charge in [0.15, 0.2) is 6.10 Å². The number of carbonyl (C=O) groups is 3. The first kappa shape index (κ1) is 62.5. The quantitative estimate of drug-likeness (QED) is 0.0199. The van der Waals surface area contributed by atoms with Crippen LogP contribution in [0, 0.1) is 0 Å². The molecule has 0 aromatic carbocycles. The maximum absolute atomic E-state index is 12.8. The lowest BCUT2D eigenvalue weighted by Gasteiger charge is -2.18. The van der Waals surface area contributed by atoms with E-state index in [0.717, 1.165) is 109 Å². The Kier molecular flexibility index (Phi) is 49.7. The molecule has 0 spiro atoms. The summed E-state index contributed by atoms with van der Waals surface area (Å²) < 4.78 is 16.7. The monoisotopic (exact) mass is 931 g/mol. The second kappa shape index (κ2) is 54.1. The normalized spacial score (nSPS) is 13.6. The molecule has 0 saturated carbocycles. The average molecular weight is 931 g/mol. The van der Waals surface area contributed by atoms with E-state index < -0.39 is 12.1 Å². The van der Waals surface area contributed by atoms with Crippen molar-refractivity contribution >= 4 is 17.9 Å². The molecule has 1 unspecified atom stereocenters. The highest BCUT2D eigenvalue weighted by molar-refractivity contribution is 5.71. The van der Waals surface area contributed by atoms with Gasteiger partial charge < -0.3 is 14.2 Å². The van der Waals surface area contributed by atoms with E-state index in [4.69, 9.17) is 14.2 Å². The molecule has 6 nitrogen and oxygen atoms in total. The Morgan fingerprint density at radius 3 is 1.12 bits per heavy atom. The predicted molar refractivity (Wildman–Crippen MR) is 292 cm³/mol. The lowest BCUT2D eigenvalue weighted by Crippen LogP contribution is -2.30. The summed E-state index contributed by atoms with van der Waals surface area (Å²) in [6, 6.07) is 0. The van der Waals surface area contributed by atoms with Crippen LogP contribution < -0.4 is 0 Å². The molecule has 0 amide bonds. The third-order valence-corrected chi connectivity index (χ3v) is 9.86. The van der Waals surface area contributed by atoms with Gasteiger partial charge in [-0.05, 0) is 96.3 Å². The third kappa shape index (κ3) is 51.5. The van der Waals surface area contributed by atoms with E-state index in [0.29, 0.717) is 19.3 Å². The van der Waals surface area contributed by atoms with Crippen molar-refractivity contribution in [2.75, 3.05) is 13.2 Å². The Labute approximate surface area is 414 Å². The van der Waals surface area contributed by atoms with Crippen LogP contribution in [0.5, 0.6) is 0 Å². The van der Waals surface area contributed by atoms with E-state index in [1.54, 1.807) is 0 Å². The Morgan fingerprint density at radius 2 is 0.662 bits per heavy atom. The zero-order valence-corrected chi connectivity index (χ0v) is 42.5. The molecule has 0 radical (unpaired) electrons. The Bertz CT molecular complexity index is 1680. The van der Waals surface area contributed by atoms with Crippen molar-refractivity contribution in [1.82, 2.24) is 0 Å². The third-order valence-electron chi connectivity index (χ3n) is 9.86. The first-order valence-electron chi connectivity index (χ1n) is 25.9. The molecule has 0 saturated heterocycles. The van der Waals surface area contributed by atoms with Gasteiger partial charge in [-0.15, -0.1) is 0 Å². The number of unbranched alkanes of at least 4 members (excludes halogenated alkanes) is 10. The van der Waals surface area contributed by atoms with Crippen molar-refractivity contribution in [2.45, 2.75) is 175 Å². The number of ether oxygens (including phenoxy) is 3. The van der Waals surface area contributed by atoms with Crippen LogP contribution in [0.15, 0.2) is 182 Å². The predicted octanol–water partition coefficient (Wildman–Crippen LogP) is 17.4. The summed E-state index contributed by atoms with van der Waals surface area (Å²) in [5.41, 5.74) is 0. The number of esters is 3. The van der Waals surface area contributed by atoms with Crippen molar-refractivity contribution in [3.8, 4) is 0 Å². The Morgan fingerprint density at radius 1 is 0.324 bits per heavy atom. The number of carbonyl (C=O) groups excluding carboxylic acids is 3. The van der Waals surface area contributed by atoms with Crippen LogP contribution >= 0.6 is 0 Å². The van der Waals surface area contributed by atoms with Crippen molar-refractivity contribution < 1.29 is 28.6 Å². The molecule has 6 heteroatoms. The standard InChI is InChI=1S/C62H90O6/c1-4-7-10-13-16-19-22-25-28-30-32-34-37-40-43-46-49-52-55-61(64)67-58-59(57-66-60(63)54-51-48-45-42-39-36-33-27-24-21-18-15-12-9-6-3)68-62(65)56-53-50-47-44-41-38-35-31-29-26-23-20-17-14-11-8-5-2/h8-13,15-22,24-30,32-36,38-39,44,47,59H,4-7,14,23,31,37,40-43,45-46,48-58H2,1-3H3/b11-8-,12-9-,13-10-,18-15-,19-16-,20-17-,24-21-,25-22-,29-26-,30-28-,33-27-,34-32-,38-35-,39-36-,47-44-. The number of hydrogen-bond donors (Lipinski definition) is 0. The highest BCUT2D eigenvalue weighted by Crippen LogP contribution is 2.11. The van der Waals surface area contributed by atoms with Crippen molar-refractivity contribution in [3.05, 3.63) is 182 Å². The summed E-state index contributed by atoms with van der Waals surface area (Å²) in [5, 5.41) is 0. The highest BCUT2D eigenvalue weighted by atomic mass is 16.6. The van der Waals surface area contributed by atoms with Crippen LogP contribution in [-0.2, 0) is 28.6 Å². The second-order valence-corrected chi connectivity index (χ2v) is 16.2. The summed E-state index contributed by atoms with van der Waals surface area (Å²) in [4.78, 5) is 38.0. The van der Waals surface area contributed by atoms with Gasteiger partial charge in [0.25, 0.3) is 0 Å². The zero-order chi connectivity index (χ0) is 49.3. The summed E-state index contributed by atoms with van der Waals surface area (Å²) in [6.07, 6.45) is 81.5. The highest BCUT2D eigenvalue weighted by Gasteiger charge is 2.19. The molecule has 0 aliphatic rings. The number of rotatable bonds is 43. The minimum Gasteiger partial charge on any atom is -0.462 e. The molecule has 0 fully saturated rings. The zero-order valence-electron chi connectivity index (χ0n) is 42.5. The average Bonchev–Trinajstić information content (AvgIpc) is 3.34. The first-order valence-corrected chi connectivity index (χ1v) is 25.9. The van der Waals surface area contributed by atoms with Crippen LogP contribution in [0.4, 0.5) is 0 Å². The molecule has 1 atom stereocenters. The second-order valence-electron chi connectivity index (χ2n) is 16.2. The van der Waals surface area contributed by atoms with Crippen molar-refractivity contribution in [2.24, 2.45) is 0 Å². The van der Waals surface area contributed by atoms with Gasteiger partial charge in [-0.2, -0.15) is 0 Å². The van der Waals surface area contributed by atoms with E-state index in [-0.39, 0.29) is 38.0 Å². The Balaban J connectivity index is 4.67. The molecule has 0 bridgehead atoms. The molecule has 374 valence electrons. The molecule has 0 aliphatic carbocycles. The summed E-state index contributed by atoms with van der Waals surface area (Å²) >= 11 is 0. The lowest BCUT2D eigenvalue weighted by molar-refractivity contribution is -0.167. The summed E-state index contributed by atoms with van der Waals surface area (Å²) in [5.74, 6) is -1.08. The van der Waals surface area contributed by atoms with Crippen LogP contribution in [0.1, 0.15) is 168 Å². The van der Waals surface area contributed by atoms with E-state index in [2.05, 4.69) is 118 Å². The summed E-state index contributed by atoms with van der Waals surface area (Å²) in [6.45, 7) is 6.15. The smallest absolute Gasteiger partial charge is 0.306 e. The largest absolute Gasteiger partial charge is 0.462 e. The molecule has 68 heavy (non-hydrogen) atoms. The SMILES string of the molecule is CC\C=C/C=C\C=C/C=C\C=C/CCCCCC(=O)OCC(COC(=O)CCCCCCC\C=C/C=C\C=C/C=C\C=C/CCC)OC(=O)CCC/C=C\C/C=C\C/C=C\C/C=C\C/C=C\CC. The van der Waals surface area contributed by atoms with Crippen LogP contribution in [-0.4, -0.2) is 37.2 Å². The number of allylic oxidation sites excluding steroid dienone is 30. The minimum atomic E-state index is -0.848. The molecule has 0 aliphatic heterocycles. The Hall–Kier alpha value is -5.49.